The zero-order valence-electron chi connectivity index (χ0n) is 13.6. The first-order valence-electron chi connectivity index (χ1n) is 7.34. The van der Waals surface area contributed by atoms with Gasteiger partial charge in [0.05, 0.1) is 20.8 Å². The molecule has 0 heterocycles. The number of hydrogen-bond donors (Lipinski definition) is 1. The van der Waals surface area contributed by atoms with Crippen molar-refractivity contribution in [3.63, 3.8) is 0 Å². The number of ketones is 1. The van der Waals surface area contributed by atoms with E-state index in [9.17, 15) is 9.59 Å². The first-order chi connectivity index (χ1) is 11.6. The number of carbonyl (C=O) groups excluding carboxylic acids is 2. The third-order valence-electron chi connectivity index (χ3n) is 3.31. The van der Waals surface area contributed by atoms with E-state index in [1.165, 1.54) is 14.2 Å². The Labute approximate surface area is 140 Å². The molecule has 0 spiro atoms. The summed E-state index contributed by atoms with van der Waals surface area (Å²) in [5, 5.41) is 2.43. The molecule has 0 aliphatic carbocycles. The zero-order valence-corrected chi connectivity index (χ0v) is 13.6. The van der Waals surface area contributed by atoms with E-state index in [-0.39, 0.29) is 18.9 Å². The minimum atomic E-state index is -0.646. The molecule has 0 saturated carbocycles. The van der Waals surface area contributed by atoms with Crippen molar-refractivity contribution < 1.29 is 23.8 Å². The molecule has 6 nitrogen and oxygen atoms in total. The Hall–Kier alpha value is -3.02. The maximum atomic E-state index is 12.1. The lowest BCUT2D eigenvalue weighted by molar-refractivity contribution is 0.0973. The molecule has 6 heteroatoms. The van der Waals surface area contributed by atoms with Gasteiger partial charge >= 0.3 is 6.09 Å². The Balaban J connectivity index is 1.85. The number of alkyl carbamates (subject to hydrolysis) is 1. The summed E-state index contributed by atoms with van der Waals surface area (Å²) in [6.45, 7) is -0.0136. The van der Waals surface area contributed by atoms with Crippen LogP contribution < -0.4 is 14.8 Å². The maximum Gasteiger partial charge on any atom is 0.407 e. The number of benzene rings is 2. The van der Waals surface area contributed by atoms with Crippen LogP contribution in [-0.2, 0) is 11.3 Å². The van der Waals surface area contributed by atoms with Crippen LogP contribution in [-0.4, -0.2) is 32.6 Å². The van der Waals surface area contributed by atoms with Crippen LogP contribution in [0, 0.1) is 0 Å². The van der Waals surface area contributed by atoms with Crippen molar-refractivity contribution in [1.82, 2.24) is 5.32 Å². The van der Waals surface area contributed by atoms with E-state index in [0.717, 1.165) is 5.56 Å². The van der Waals surface area contributed by atoms with E-state index in [1.807, 2.05) is 30.3 Å². The number of ether oxygens (including phenoxy) is 3. The van der Waals surface area contributed by atoms with Crippen LogP contribution in [0.1, 0.15) is 15.9 Å². The SMILES string of the molecule is COc1ccc(C(=O)CNC(=O)OCc2ccccc2)cc1OC. The largest absolute Gasteiger partial charge is 0.493 e. The lowest BCUT2D eigenvalue weighted by Gasteiger charge is -2.10. The van der Waals surface area contributed by atoms with Crippen LogP contribution in [0.15, 0.2) is 48.5 Å². The molecule has 0 atom stereocenters. The minimum absolute atomic E-state index is 0.150. The average molecular weight is 329 g/mol. The first kappa shape index (κ1) is 17.3. The van der Waals surface area contributed by atoms with Crippen molar-refractivity contribution in [1.29, 1.82) is 0 Å². The molecule has 1 amide bonds. The Morgan fingerprint density at radius 2 is 1.67 bits per heavy atom. The molecule has 0 aromatic heterocycles. The number of Topliss-reactive ketones (excluding diaryl/α,β-unsaturated/α-hetero) is 1. The van der Waals surface area contributed by atoms with Crippen LogP contribution in [0.2, 0.25) is 0 Å². The third kappa shape index (κ3) is 4.74. The number of carbonyl (C=O) groups is 2. The number of rotatable bonds is 7. The van der Waals surface area contributed by atoms with Gasteiger partial charge in [0.2, 0.25) is 0 Å². The maximum absolute atomic E-state index is 12.1. The highest BCUT2D eigenvalue weighted by Crippen LogP contribution is 2.27. The summed E-state index contributed by atoms with van der Waals surface area (Å²) in [5.41, 5.74) is 1.29. The normalized spacial score (nSPS) is 9.92. The smallest absolute Gasteiger partial charge is 0.407 e. The van der Waals surface area contributed by atoms with E-state index < -0.39 is 6.09 Å². The van der Waals surface area contributed by atoms with Gasteiger partial charge in [-0.05, 0) is 23.8 Å². The summed E-state index contributed by atoms with van der Waals surface area (Å²) in [4.78, 5) is 23.8. The number of hydrogen-bond acceptors (Lipinski definition) is 5. The summed E-state index contributed by atoms with van der Waals surface area (Å²) in [5.74, 6) is 0.729. The second kappa shape index (κ2) is 8.57. The summed E-state index contributed by atoms with van der Waals surface area (Å²) >= 11 is 0. The Morgan fingerprint density at radius 1 is 0.958 bits per heavy atom. The fourth-order valence-electron chi connectivity index (χ4n) is 2.04. The van der Waals surface area contributed by atoms with Gasteiger partial charge in [-0.15, -0.1) is 0 Å². The van der Waals surface area contributed by atoms with Gasteiger partial charge in [-0.1, -0.05) is 30.3 Å². The van der Waals surface area contributed by atoms with Crippen LogP contribution in [0.25, 0.3) is 0 Å². The van der Waals surface area contributed by atoms with Crippen LogP contribution in [0.5, 0.6) is 11.5 Å². The third-order valence-corrected chi connectivity index (χ3v) is 3.31. The molecule has 0 aliphatic heterocycles. The van der Waals surface area contributed by atoms with E-state index in [0.29, 0.717) is 17.1 Å². The van der Waals surface area contributed by atoms with Gasteiger partial charge < -0.3 is 19.5 Å². The average Bonchev–Trinajstić information content (AvgIpc) is 2.64. The molecule has 0 radical (unpaired) electrons. The van der Waals surface area contributed by atoms with Gasteiger partial charge in [0, 0.05) is 5.56 Å². The van der Waals surface area contributed by atoms with Gasteiger partial charge in [-0.3, -0.25) is 4.79 Å². The fraction of sp³-hybridized carbons (Fsp3) is 0.222. The minimum Gasteiger partial charge on any atom is -0.493 e. The van der Waals surface area contributed by atoms with Crippen molar-refractivity contribution in [2.45, 2.75) is 6.61 Å². The molecule has 2 aromatic carbocycles. The molecule has 2 rings (SSSR count). The monoisotopic (exact) mass is 329 g/mol. The molecule has 0 aliphatic rings. The predicted molar refractivity (Wildman–Crippen MR) is 88.5 cm³/mol. The molecule has 24 heavy (non-hydrogen) atoms. The highest BCUT2D eigenvalue weighted by molar-refractivity contribution is 5.99. The standard InChI is InChI=1S/C18H19NO5/c1-22-16-9-8-14(10-17(16)23-2)15(20)11-19-18(21)24-12-13-6-4-3-5-7-13/h3-10H,11-12H2,1-2H3,(H,19,21). The summed E-state index contributed by atoms with van der Waals surface area (Å²) in [7, 11) is 3.01. The molecule has 0 bridgehead atoms. The molecule has 0 unspecified atom stereocenters. The zero-order chi connectivity index (χ0) is 17.4. The van der Waals surface area contributed by atoms with E-state index >= 15 is 0 Å². The highest BCUT2D eigenvalue weighted by Gasteiger charge is 2.12. The van der Waals surface area contributed by atoms with Crippen molar-refractivity contribution in [3.05, 3.63) is 59.7 Å². The number of methoxy groups -OCH3 is 2. The van der Waals surface area contributed by atoms with Gasteiger partial charge in [0.1, 0.15) is 6.61 Å². The van der Waals surface area contributed by atoms with Gasteiger partial charge in [-0.2, -0.15) is 0 Å². The molecule has 1 N–H and O–H groups in total. The Kier molecular flexibility index (Phi) is 6.19. The number of amides is 1. The van der Waals surface area contributed by atoms with Crippen LogP contribution in [0.3, 0.4) is 0 Å². The summed E-state index contributed by atoms with van der Waals surface area (Å²) < 4.78 is 15.3. The number of nitrogens with one attached hydrogen (secondary N) is 1. The topological polar surface area (TPSA) is 73.9 Å². The van der Waals surface area contributed by atoms with Gasteiger partial charge in [0.25, 0.3) is 0 Å². The van der Waals surface area contributed by atoms with E-state index in [4.69, 9.17) is 14.2 Å². The van der Waals surface area contributed by atoms with Crippen molar-refractivity contribution >= 4 is 11.9 Å². The van der Waals surface area contributed by atoms with Gasteiger partial charge in [-0.25, -0.2) is 4.79 Å². The predicted octanol–water partition coefficient (Wildman–Crippen LogP) is 2.81. The molecular formula is C18H19NO5. The van der Waals surface area contributed by atoms with E-state index in [1.54, 1.807) is 18.2 Å². The summed E-state index contributed by atoms with van der Waals surface area (Å²) in [6, 6.07) is 14.1. The highest BCUT2D eigenvalue weighted by atomic mass is 16.5. The Bertz CT molecular complexity index is 700. The lowest BCUT2D eigenvalue weighted by Crippen LogP contribution is -2.30. The lowest BCUT2D eigenvalue weighted by atomic mass is 10.1. The summed E-state index contributed by atoms with van der Waals surface area (Å²) in [6.07, 6.45) is -0.646. The van der Waals surface area contributed by atoms with Crippen molar-refractivity contribution in [2.24, 2.45) is 0 Å². The molecular weight excluding hydrogens is 310 g/mol. The van der Waals surface area contributed by atoms with E-state index in [2.05, 4.69) is 5.32 Å². The van der Waals surface area contributed by atoms with Crippen molar-refractivity contribution in [3.8, 4) is 11.5 Å². The molecule has 126 valence electrons. The van der Waals surface area contributed by atoms with Crippen molar-refractivity contribution in [2.75, 3.05) is 20.8 Å². The van der Waals surface area contributed by atoms with Crippen LogP contribution >= 0.6 is 0 Å². The van der Waals surface area contributed by atoms with Crippen LogP contribution in [0.4, 0.5) is 4.79 Å². The van der Waals surface area contributed by atoms with Gasteiger partial charge in [0.15, 0.2) is 17.3 Å². The second-order valence-electron chi connectivity index (χ2n) is 4.91. The molecule has 0 fully saturated rings. The first-order valence-corrected chi connectivity index (χ1v) is 7.34. The fourth-order valence-corrected chi connectivity index (χ4v) is 2.04. The second-order valence-corrected chi connectivity index (χ2v) is 4.91. The Morgan fingerprint density at radius 3 is 2.33 bits per heavy atom. The molecule has 2 aromatic rings. The molecule has 0 saturated heterocycles. The quantitative estimate of drug-likeness (QED) is 0.791.